The van der Waals surface area contributed by atoms with Crippen LogP contribution in [0.1, 0.15) is 6.92 Å². The van der Waals surface area contributed by atoms with Crippen molar-refractivity contribution < 1.29 is 24.2 Å². The van der Waals surface area contributed by atoms with Gasteiger partial charge in [-0.15, -0.1) is 10.1 Å². The first-order chi connectivity index (χ1) is 6.13. The largest absolute Gasteiger partial charge is 0.463 e. The highest BCUT2D eigenvalue weighted by atomic mass is 17.0. The third-order valence-corrected chi connectivity index (χ3v) is 0.957. The Labute approximate surface area is 74.7 Å². The summed E-state index contributed by atoms with van der Waals surface area (Å²) in [4.78, 5) is 23.8. The highest BCUT2D eigenvalue weighted by Crippen LogP contribution is 1.81. The van der Waals surface area contributed by atoms with Gasteiger partial charge in [0.25, 0.3) is 5.09 Å². The fraction of sp³-hybridized carbons (Fsp3) is 0.833. The average Bonchev–Trinajstić information content (AvgIpc) is 2.01. The van der Waals surface area contributed by atoms with Crippen LogP contribution in [-0.4, -0.2) is 37.5 Å². The van der Waals surface area contributed by atoms with E-state index >= 15 is 0 Å². The van der Waals surface area contributed by atoms with Gasteiger partial charge < -0.3 is 14.3 Å². The van der Waals surface area contributed by atoms with Crippen LogP contribution in [0.25, 0.3) is 0 Å². The van der Waals surface area contributed by atoms with Crippen molar-refractivity contribution in [3.63, 3.8) is 0 Å². The third kappa shape index (κ3) is 10.6. The van der Waals surface area contributed by atoms with E-state index in [-0.39, 0.29) is 32.4 Å². The fourth-order valence-electron chi connectivity index (χ4n) is 0.517. The molecule has 0 bridgehead atoms. The normalized spacial score (nSPS) is 9.31. The van der Waals surface area contributed by atoms with Gasteiger partial charge in [0.05, 0.1) is 13.2 Å². The summed E-state index contributed by atoms with van der Waals surface area (Å²) in [5.41, 5.74) is 0. The molecule has 0 radical (unpaired) electrons. The lowest BCUT2D eigenvalue weighted by Crippen LogP contribution is -2.12. The van der Waals surface area contributed by atoms with Crippen molar-refractivity contribution in [1.29, 1.82) is 0 Å². The maximum absolute atomic E-state index is 10.2. The first kappa shape index (κ1) is 11.6. The van der Waals surface area contributed by atoms with Crippen LogP contribution in [-0.2, 0) is 19.1 Å². The van der Waals surface area contributed by atoms with Crippen LogP contribution in [0.2, 0.25) is 0 Å². The topological polar surface area (TPSA) is 87.9 Å². The second-order valence-electron chi connectivity index (χ2n) is 2.01. The summed E-state index contributed by atoms with van der Waals surface area (Å²) >= 11 is 0. The Morgan fingerprint density at radius 3 is 2.46 bits per heavy atom. The van der Waals surface area contributed by atoms with Gasteiger partial charge in [0, 0.05) is 6.92 Å². The number of hydrogen-bond acceptors (Lipinski definition) is 6. The maximum atomic E-state index is 10.2. The van der Waals surface area contributed by atoms with Crippen LogP contribution < -0.4 is 0 Å². The van der Waals surface area contributed by atoms with Crippen molar-refractivity contribution in [2.45, 2.75) is 6.92 Å². The second kappa shape index (κ2) is 7.29. The minimum atomic E-state index is -0.893. The first-order valence-electron chi connectivity index (χ1n) is 3.61. The quantitative estimate of drug-likeness (QED) is 0.240. The van der Waals surface area contributed by atoms with E-state index in [4.69, 9.17) is 4.74 Å². The Morgan fingerprint density at radius 1 is 1.31 bits per heavy atom. The van der Waals surface area contributed by atoms with Gasteiger partial charge in [0.15, 0.2) is 0 Å². The molecule has 0 amide bonds. The molecule has 0 fully saturated rings. The molecule has 13 heavy (non-hydrogen) atoms. The molecule has 0 aromatic carbocycles. The van der Waals surface area contributed by atoms with Crippen molar-refractivity contribution in [2.24, 2.45) is 0 Å². The molecule has 76 valence electrons. The number of nitrogens with zero attached hydrogens (tertiary/aromatic N) is 1. The molecule has 0 aromatic heterocycles. The highest BCUT2D eigenvalue weighted by Gasteiger charge is 1.95. The van der Waals surface area contributed by atoms with Crippen LogP contribution in [0.4, 0.5) is 0 Å². The van der Waals surface area contributed by atoms with Gasteiger partial charge in [-0.05, 0) is 0 Å². The minimum absolute atomic E-state index is 0.0994. The van der Waals surface area contributed by atoms with E-state index < -0.39 is 5.09 Å². The number of hydrogen-bond donors (Lipinski definition) is 0. The lowest BCUT2D eigenvalue weighted by Gasteiger charge is -2.03. The van der Waals surface area contributed by atoms with Gasteiger partial charge in [0.2, 0.25) is 0 Å². The minimum Gasteiger partial charge on any atom is -0.463 e. The van der Waals surface area contributed by atoms with Crippen LogP contribution >= 0.6 is 0 Å². The summed E-state index contributed by atoms with van der Waals surface area (Å²) in [5, 5.41) is 8.74. The summed E-state index contributed by atoms with van der Waals surface area (Å²) in [7, 11) is 0. The van der Waals surface area contributed by atoms with Gasteiger partial charge in [0.1, 0.15) is 13.2 Å². The van der Waals surface area contributed by atoms with Gasteiger partial charge >= 0.3 is 5.97 Å². The van der Waals surface area contributed by atoms with Crippen LogP contribution in [0.15, 0.2) is 0 Å². The molecule has 0 aromatic rings. The third-order valence-electron chi connectivity index (χ3n) is 0.957. The molecule has 7 heteroatoms. The molecule has 0 aliphatic heterocycles. The van der Waals surface area contributed by atoms with Gasteiger partial charge in [-0.1, -0.05) is 0 Å². The van der Waals surface area contributed by atoms with Crippen LogP contribution in [0.5, 0.6) is 0 Å². The van der Waals surface area contributed by atoms with E-state index in [0.29, 0.717) is 0 Å². The number of esters is 1. The van der Waals surface area contributed by atoms with Gasteiger partial charge in [-0.3, -0.25) is 4.79 Å². The predicted molar refractivity (Wildman–Crippen MR) is 40.4 cm³/mol. The van der Waals surface area contributed by atoms with E-state index in [1.807, 2.05) is 0 Å². The van der Waals surface area contributed by atoms with Crippen molar-refractivity contribution in [1.82, 2.24) is 0 Å². The zero-order chi connectivity index (χ0) is 10.1. The molecule has 0 spiro atoms. The summed E-state index contributed by atoms with van der Waals surface area (Å²) in [6, 6.07) is 0. The van der Waals surface area contributed by atoms with Crippen molar-refractivity contribution in [2.75, 3.05) is 26.4 Å². The monoisotopic (exact) mass is 193 g/mol. The smallest absolute Gasteiger partial charge is 0.302 e. The van der Waals surface area contributed by atoms with Crippen LogP contribution in [0, 0.1) is 10.1 Å². The molecule has 0 heterocycles. The van der Waals surface area contributed by atoms with Gasteiger partial charge in [-0.2, -0.15) is 0 Å². The lowest BCUT2D eigenvalue weighted by molar-refractivity contribution is -0.758. The number of ether oxygens (including phenoxy) is 2. The standard InChI is InChI=1S/C6H11NO6/c1-6(8)12-4-2-11-3-5-13-7(9)10/h2-5H2,1H3. The Kier molecular flexibility index (Phi) is 6.52. The molecule has 0 N–H and O–H groups in total. The van der Waals surface area contributed by atoms with Crippen molar-refractivity contribution in [3.8, 4) is 0 Å². The lowest BCUT2D eigenvalue weighted by atomic mass is 10.7. The molecule has 7 nitrogen and oxygen atoms in total. The molecular formula is C6H11NO6. The zero-order valence-electron chi connectivity index (χ0n) is 7.23. The maximum Gasteiger partial charge on any atom is 0.302 e. The SMILES string of the molecule is CC(=O)OCCOCCO[N+](=O)[O-]. The first-order valence-corrected chi connectivity index (χ1v) is 3.61. The van der Waals surface area contributed by atoms with Crippen LogP contribution in [0.3, 0.4) is 0 Å². The molecule has 0 aliphatic rings. The van der Waals surface area contributed by atoms with Crippen molar-refractivity contribution in [3.05, 3.63) is 10.1 Å². The Bertz CT molecular complexity index is 153. The van der Waals surface area contributed by atoms with E-state index in [2.05, 4.69) is 9.57 Å². The number of rotatable bonds is 7. The predicted octanol–water partition coefficient (Wildman–Crippen LogP) is -0.226. The summed E-state index contributed by atoms with van der Waals surface area (Å²) in [5.74, 6) is -0.384. The van der Waals surface area contributed by atoms with Gasteiger partial charge in [-0.25, -0.2) is 0 Å². The van der Waals surface area contributed by atoms with E-state index in [9.17, 15) is 14.9 Å². The number of carbonyl (C=O) groups excluding carboxylic acids is 1. The Morgan fingerprint density at radius 2 is 1.92 bits per heavy atom. The molecule has 0 saturated carbocycles. The van der Waals surface area contributed by atoms with E-state index in [1.165, 1.54) is 6.92 Å². The molecule has 0 rings (SSSR count). The molecular weight excluding hydrogens is 182 g/mol. The van der Waals surface area contributed by atoms with Crippen molar-refractivity contribution >= 4 is 5.97 Å². The molecule has 0 saturated heterocycles. The molecule has 0 unspecified atom stereocenters. The highest BCUT2D eigenvalue weighted by molar-refractivity contribution is 5.65. The molecule has 0 aliphatic carbocycles. The Hall–Kier alpha value is -1.37. The molecule has 0 atom stereocenters. The fourth-order valence-corrected chi connectivity index (χ4v) is 0.517. The summed E-state index contributed by atoms with van der Waals surface area (Å²) in [6.07, 6.45) is 0. The summed E-state index contributed by atoms with van der Waals surface area (Å²) in [6.45, 7) is 1.62. The summed E-state index contributed by atoms with van der Waals surface area (Å²) < 4.78 is 9.36. The van der Waals surface area contributed by atoms with E-state index in [1.54, 1.807) is 0 Å². The second-order valence-corrected chi connectivity index (χ2v) is 2.01. The number of carbonyl (C=O) groups is 1. The average molecular weight is 193 g/mol. The van der Waals surface area contributed by atoms with E-state index in [0.717, 1.165) is 0 Å². The zero-order valence-corrected chi connectivity index (χ0v) is 7.23. The Balaban J connectivity index is 3.00.